The summed E-state index contributed by atoms with van der Waals surface area (Å²) >= 11 is 8.41. The maximum atomic E-state index is 12.1. The van der Waals surface area contributed by atoms with Gasteiger partial charge in [-0.2, -0.15) is 0 Å². The molecule has 26 heavy (non-hydrogen) atoms. The van der Waals surface area contributed by atoms with E-state index < -0.39 is 10.0 Å². The van der Waals surface area contributed by atoms with Crippen LogP contribution in [0.15, 0.2) is 27.5 Å². The zero-order valence-electron chi connectivity index (χ0n) is 14.3. The van der Waals surface area contributed by atoms with Gasteiger partial charge in [0.15, 0.2) is 5.96 Å². The van der Waals surface area contributed by atoms with Crippen molar-refractivity contribution in [3.8, 4) is 0 Å². The fraction of sp³-hybridized carbons (Fsp3) is 0.429. The number of nitrogens with one attached hydrogen (secondary N) is 3. The second kappa shape index (κ2) is 11.4. The Morgan fingerprint density at radius 3 is 2.62 bits per heavy atom. The van der Waals surface area contributed by atoms with Crippen LogP contribution in [0.4, 0.5) is 0 Å². The van der Waals surface area contributed by atoms with Crippen LogP contribution in [0.3, 0.4) is 0 Å². The lowest BCUT2D eigenvalue weighted by Gasteiger charge is -2.11. The Hall–Kier alpha value is -0.470. The van der Waals surface area contributed by atoms with Crippen molar-refractivity contribution in [2.45, 2.75) is 24.6 Å². The van der Waals surface area contributed by atoms with E-state index in [4.69, 9.17) is 11.6 Å². The van der Waals surface area contributed by atoms with E-state index in [1.165, 1.54) is 6.07 Å². The molecule has 7 nitrogen and oxygen atoms in total. The Labute approximate surface area is 183 Å². The number of aryl methyl sites for hydroxylation is 1. The average Bonchev–Trinajstić information content (AvgIpc) is 3.18. The standard InChI is InChI=1S/C14H20ClN5O2S3.HI/c1-3-16-14(19-9-12-18-8-10(2)23-12)17-6-7-20-25(21,22)13-5-4-11(15)24-13;/h4-5,8,20H,3,6-7,9H2,1-2H3,(H2,16,17,19);1H. The Bertz CT molecular complexity index is 822. The number of aromatic nitrogens is 1. The third-order valence-corrected chi connectivity index (χ3v) is 6.99. The molecule has 2 rings (SSSR count). The highest BCUT2D eigenvalue weighted by Gasteiger charge is 2.15. The number of halogens is 2. The van der Waals surface area contributed by atoms with Crippen LogP contribution in [-0.4, -0.2) is 39.0 Å². The molecule has 0 atom stereocenters. The molecule has 12 heteroatoms. The van der Waals surface area contributed by atoms with E-state index >= 15 is 0 Å². The number of thiophene rings is 1. The predicted molar refractivity (Wildman–Crippen MR) is 120 cm³/mol. The van der Waals surface area contributed by atoms with Crippen molar-refractivity contribution >= 4 is 74.2 Å². The van der Waals surface area contributed by atoms with Crippen molar-refractivity contribution < 1.29 is 8.42 Å². The van der Waals surface area contributed by atoms with Crippen molar-refractivity contribution in [3.05, 3.63) is 32.6 Å². The molecule has 146 valence electrons. The van der Waals surface area contributed by atoms with Crippen LogP contribution in [-0.2, 0) is 16.6 Å². The Balaban J connectivity index is 0.00000338. The molecule has 0 aliphatic rings. The van der Waals surface area contributed by atoms with Gasteiger partial charge in [-0.3, -0.25) is 0 Å². The number of aliphatic imine (C=N–C) groups is 1. The summed E-state index contributed by atoms with van der Waals surface area (Å²) in [6, 6.07) is 3.06. The van der Waals surface area contributed by atoms with E-state index in [0.29, 0.717) is 29.9 Å². The second-order valence-corrected chi connectivity index (χ2v) is 9.97. The molecule has 0 saturated heterocycles. The molecule has 0 radical (unpaired) electrons. The first-order valence-electron chi connectivity index (χ1n) is 7.59. The summed E-state index contributed by atoms with van der Waals surface area (Å²) in [4.78, 5) is 9.85. The minimum atomic E-state index is -3.53. The molecule has 2 aromatic heterocycles. The van der Waals surface area contributed by atoms with Crippen molar-refractivity contribution in [2.75, 3.05) is 19.6 Å². The molecule has 0 aromatic carbocycles. The van der Waals surface area contributed by atoms with Gasteiger partial charge in [-0.15, -0.1) is 46.7 Å². The monoisotopic (exact) mass is 549 g/mol. The minimum Gasteiger partial charge on any atom is -0.357 e. The molecule has 0 fully saturated rings. The SMILES string of the molecule is CCNC(=NCc1ncc(C)s1)NCCNS(=O)(=O)c1ccc(Cl)s1.I. The van der Waals surface area contributed by atoms with E-state index in [2.05, 4.69) is 25.3 Å². The lowest BCUT2D eigenvalue weighted by molar-refractivity contribution is 0.582. The highest BCUT2D eigenvalue weighted by Crippen LogP contribution is 2.25. The fourth-order valence-corrected chi connectivity index (χ4v) is 5.11. The first-order chi connectivity index (χ1) is 11.9. The Kier molecular flexibility index (Phi) is 10.3. The first-order valence-corrected chi connectivity index (χ1v) is 11.1. The quantitative estimate of drug-likeness (QED) is 0.204. The lowest BCUT2D eigenvalue weighted by atomic mass is 10.6. The predicted octanol–water partition coefficient (Wildman–Crippen LogP) is 2.82. The normalized spacial score (nSPS) is 11.9. The minimum absolute atomic E-state index is 0. The Morgan fingerprint density at radius 2 is 2.04 bits per heavy atom. The van der Waals surface area contributed by atoms with E-state index in [1.807, 2.05) is 20.0 Å². The summed E-state index contributed by atoms with van der Waals surface area (Å²) in [5, 5.41) is 7.14. The summed E-state index contributed by atoms with van der Waals surface area (Å²) in [6.07, 6.45) is 1.82. The highest BCUT2D eigenvalue weighted by molar-refractivity contribution is 14.0. The van der Waals surface area contributed by atoms with Gasteiger partial charge in [0.25, 0.3) is 0 Å². The van der Waals surface area contributed by atoms with E-state index in [9.17, 15) is 8.42 Å². The molecule has 0 unspecified atom stereocenters. The number of nitrogens with zero attached hydrogens (tertiary/aromatic N) is 2. The number of thiazole rings is 1. The fourth-order valence-electron chi connectivity index (χ4n) is 1.84. The second-order valence-electron chi connectivity index (χ2n) is 4.94. The number of guanidine groups is 1. The number of rotatable bonds is 8. The first kappa shape index (κ1) is 23.6. The van der Waals surface area contributed by atoms with Crippen LogP contribution in [0.2, 0.25) is 4.34 Å². The summed E-state index contributed by atoms with van der Waals surface area (Å²) in [7, 11) is -3.53. The molecule has 0 amide bonds. The molecule has 0 saturated carbocycles. The third kappa shape index (κ3) is 7.64. The molecule has 2 heterocycles. The van der Waals surface area contributed by atoms with Crippen LogP contribution in [0.1, 0.15) is 16.8 Å². The van der Waals surface area contributed by atoms with Gasteiger partial charge in [-0.1, -0.05) is 11.6 Å². The molecule has 0 aliphatic carbocycles. The van der Waals surface area contributed by atoms with Crippen molar-refractivity contribution in [1.29, 1.82) is 0 Å². The number of hydrogen-bond acceptors (Lipinski definition) is 6. The molecule has 2 aromatic rings. The van der Waals surface area contributed by atoms with Crippen LogP contribution in [0, 0.1) is 6.92 Å². The van der Waals surface area contributed by atoms with Gasteiger partial charge in [-0.25, -0.2) is 23.1 Å². The summed E-state index contributed by atoms with van der Waals surface area (Å²) in [5.74, 6) is 0.619. The summed E-state index contributed by atoms with van der Waals surface area (Å²) in [5.41, 5.74) is 0. The smallest absolute Gasteiger partial charge is 0.250 e. The molecular formula is C14H21ClIN5O2S3. The summed E-state index contributed by atoms with van der Waals surface area (Å²) in [6.45, 7) is 5.80. The van der Waals surface area contributed by atoms with Crippen LogP contribution in [0.25, 0.3) is 0 Å². The van der Waals surface area contributed by atoms with Crippen molar-refractivity contribution in [1.82, 2.24) is 20.3 Å². The van der Waals surface area contributed by atoms with Crippen molar-refractivity contribution in [2.24, 2.45) is 4.99 Å². The van der Waals surface area contributed by atoms with E-state index in [1.54, 1.807) is 17.4 Å². The largest absolute Gasteiger partial charge is 0.357 e. The zero-order valence-corrected chi connectivity index (χ0v) is 19.8. The molecule has 3 N–H and O–H groups in total. The van der Waals surface area contributed by atoms with E-state index in [0.717, 1.165) is 21.2 Å². The van der Waals surface area contributed by atoms with Gasteiger partial charge in [0.1, 0.15) is 9.22 Å². The molecule has 0 aliphatic heterocycles. The topological polar surface area (TPSA) is 95.5 Å². The Morgan fingerprint density at radius 1 is 1.27 bits per heavy atom. The zero-order chi connectivity index (χ0) is 18.3. The maximum Gasteiger partial charge on any atom is 0.250 e. The van der Waals surface area contributed by atoms with Gasteiger partial charge < -0.3 is 10.6 Å². The maximum absolute atomic E-state index is 12.1. The van der Waals surface area contributed by atoms with Gasteiger partial charge in [0.2, 0.25) is 10.0 Å². The van der Waals surface area contributed by atoms with Gasteiger partial charge in [0.05, 0.1) is 10.9 Å². The van der Waals surface area contributed by atoms with Crippen LogP contribution < -0.4 is 15.4 Å². The number of hydrogen-bond donors (Lipinski definition) is 3. The van der Waals surface area contributed by atoms with Gasteiger partial charge in [-0.05, 0) is 26.0 Å². The average molecular weight is 550 g/mol. The van der Waals surface area contributed by atoms with Crippen LogP contribution in [0.5, 0.6) is 0 Å². The third-order valence-electron chi connectivity index (χ3n) is 2.91. The summed E-state index contributed by atoms with van der Waals surface area (Å²) < 4.78 is 27.4. The van der Waals surface area contributed by atoms with Crippen molar-refractivity contribution in [3.63, 3.8) is 0 Å². The number of sulfonamides is 1. The van der Waals surface area contributed by atoms with Gasteiger partial charge in [0, 0.05) is 30.7 Å². The molecular weight excluding hydrogens is 529 g/mol. The lowest BCUT2D eigenvalue weighted by Crippen LogP contribution is -2.41. The van der Waals surface area contributed by atoms with Gasteiger partial charge >= 0.3 is 0 Å². The highest BCUT2D eigenvalue weighted by atomic mass is 127. The van der Waals surface area contributed by atoms with E-state index in [-0.39, 0.29) is 34.7 Å². The molecule has 0 spiro atoms. The molecule has 0 bridgehead atoms. The van der Waals surface area contributed by atoms with Crippen LogP contribution >= 0.6 is 58.3 Å².